The van der Waals surface area contributed by atoms with Gasteiger partial charge in [-0.05, 0) is 36.3 Å². The lowest BCUT2D eigenvalue weighted by Crippen LogP contribution is -1.91. The number of nitrogen functional groups attached to an aromatic ring is 1. The summed E-state index contributed by atoms with van der Waals surface area (Å²) >= 11 is 4.14. The number of benzene rings is 1. The first-order chi connectivity index (χ1) is 6.25. The fourth-order valence-electron chi connectivity index (χ4n) is 1.21. The Kier molecular flexibility index (Phi) is 3.90. The molecule has 2 heteroatoms. The van der Waals surface area contributed by atoms with Crippen molar-refractivity contribution in [2.45, 2.75) is 13.3 Å². The molecule has 1 nitrogen and oxygen atoms in total. The summed E-state index contributed by atoms with van der Waals surface area (Å²) in [7, 11) is 0. The van der Waals surface area contributed by atoms with Crippen LogP contribution in [-0.2, 0) is 0 Å². The van der Waals surface area contributed by atoms with E-state index in [1.165, 1.54) is 5.56 Å². The average Bonchev–Trinajstić information content (AvgIpc) is 2.10. The topological polar surface area (TPSA) is 26.0 Å². The monoisotopic (exact) mass is 193 g/mol. The number of hydrogen-bond donors (Lipinski definition) is 2. The van der Waals surface area contributed by atoms with Gasteiger partial charge < -0.3 is 5.73 Å². The van der Waals surface area contributed by atoms with Gasteiger partial charge in [0.2, 0.25) is 0 Å². The summed E-state index contributed by atoms with van der Waals surface area (Å²) in [4.78, 5) is 0. The number of anilines is 1. The van der Waals surface area contributed by atoms with Crippen LogP contribution in [0.25, 0.3) is 6.08 Å². The number of thiol groups is 1. The second-order valence-electron chi connectivity index (χ2n) is 2.99. The van der Waals surface area contributed by atoms with Gasteiger partial charge in [-0.1, -0.05) is 24.3 Å². The molecule has 70 valence electrons. The van der Waals surface area contributed by atoms with Crippen LogP contribution < -0.4 is 5.73 Å². The lowest BCUT2D eigenvalue weighted by molar-refractivity contribution is 1.26. The van der Waals surface area contributed by atoms with Crippen LogP contribution in [-0.4, -0.2) is 5.75 Å². The molecule has 0 aliphatic rings. The predicted octanol–water partition coefficient (Wildman–Crippen LogP) is 2.91. The zero-order valence-corrected chi connectivity index (χ0v) is 8.72. The van der Waals surface area contributed by atoms with Gasteiger partial charge >= 0.3 is 0 Å². The summed E-state index contributed by atoms with van der Waals surface area (Å²) in [6, 6.07) is 5.96. The molecule has 0 aromatic heterocycles. The molecule has 1 aromatic rings. The Morgan fingerprint density at radius 1 is 1.46 bits per heavy atom. The minimum absolute atomic E-state index is 0.843. The second kappa shape index (κ2) is 4.97. The molecule has 0 radical (unpaired) electrons. The third-order valence-electron chi connectivity index (χ3n) is 1.94. The minimum atomic E-state index is 0.843. The van der Waals surface area contributed by atoms with Gasteiger partial charge in [-0.3, -0.25) is 0 Å². The Morgan fingerprint density at radius 2 is 2.23 bits per heavy atom. The molecule has 0 saturated carbocycles. The molecule has 0 unspecified atom stereocenters. The minimum Gasteiger partial charge on any atom is -0.398 e. The van der Waals surface area contributed by atoms with Crippen LogP contribution in [0.5, 0.6) is 0 Å². The van der Waals surface area contributed by atoms with E-state index in [1.54, 1.807) is 0 Å². The van der Waals surface area contributed by atoms with Crippen molar-refractivity contribution in [3.63, 3.8) is 0 Å². The van der Waals surface area contributed by atoms with Crippen molar-refractivity contribution in [3.8, 4) is 0 Å². The van der Waals surface area contributed by atoms with Crippen LogP contribution in [0.3, 0.4) is 0 Å². The average molecular weight is 193 g/mol. The smallest absolute Gasteiger partial charge is 0.0390 e. The Morgan fingerprint density at radius 3 is 2.85 bits per heavy atom. The standard InChI is InChI=1S/C11H15NS/c1-9-5-4-7-11(12)10(9)6-2-3-8-13/h2,4-7,13H,3,8,12H2,1H3. The van der Waals surface area contributed by atoms with Gasteiger partial charge in [-0.25, -0.2) is 0 Å². The van der Waals surface area contributed by atoms with E-state index >= 15 is 0 Å². The molecule has 2 N–H and O–H groups in total. The zero-order chi connectivity index (χ0) is 9.68. The van der Waals surface area contributed by atoms with Crippen molar-refractivity contribution in [3.05, 3.63) is 35.4 Å². The first-order valence-electron chi connectivity index (χ1n) is 4.38. The normalized spacial score (nSPS) is 10.9. The van der Waals surface area contributed by atoms with E-state index < -0.39 is 0 Å². The van der Waals surface area contributed by atoms with Crippen LogP contribution >= 0.6 is 12.6 Å². The first-order valence-corrected chi connectivity index (χ1v) is 5.01. The Labute approximate surface area is 85.1 Å². The molecule has 1 aromatic carbocycles. The Bertz CT molecular complexity index is 285. The fraction of sp³-hybridized carbons (Fsp3) is 0.273. The van der Waals surface area contributed by atoms with Gasteiger partial charge in [-0.2, -0.15) is 12.6 Å². The number of rotatable bonds is 3. The first kappa shape index (κ1) is 10.2. The van der Waals surface area contributed by atoms with E-state index in [1.807, 2.05) is 12.1 Å². The quantitative estimate of drug-likeness (QED) is 0.560. The van der Waals surface area contributed by atoms with E-state index in [-0.39, 0.29) is 0 Å². The molecule has 0 fully saturated rings. The van der Waals surface area contributed by atoms with Crippen LogP contribution in [0.4, 0.5) is 5.69 Å². The van der Waals surface area contributed by atoms with Crippen LogP contribution in [0.1, 0.15) is 17.5 Å². The molecule has 13 heavy (non-hydrogen) atoms. The lowest BCUT2D eigenvalue weighted by atomic mass is 10.1. The molecule has 0 saturated heterocycles. The molecular formula is C11H15NS. The molecule has 0 aliphatic carbocycles. The molecule has 0 heterocycles. The van der Waals surface area contributed by atoms with Crippen molar-refractivity contribution in [2.24, 2.45) is 0 Å². The van der Waals surface area contributed by atoms with Gasteiger partial charge in [0.05, 0.1) is 0 Å². The predicted molar refractivity (Wildman–Crippen MR) is 63.1 cm³/mol. The summed E-state index contributed by atoms with van der Waals surface area (Å²) in [6.45, 7) is 2.07. The lowest BCUT2D eigenvalue weighted by Gasteiger charge is -2.03. The maximum absolute atomic E-state index is 5.83. The number of aryl methyl sites for hydroxylation is 1. The van der Waals surface area contributed by atoms with Crippen LogP contribution in [0.2, 0.25) is 0 Å². The summed E-state index contributed by atoms with van der Waals surface area (Å²) in [6.07, 6.45) is 5.16. The number of nitrogens with two attached hydrogens (primary N) is 1. The van der Waals surface area contributed by atoms with Crippen molar-refractivity contribution in [2.75, 3.05) is 11.5 Å². The van der Waals surface area contributed by atoms with Crippen LogP contribution in [0, 0.1) is 6.92 Å². The SMILES string of the molecule is Cc1cccc(N)c1C=CCCS. The fourth-order valence-corrected chi connectivity index (χ4v) is 1.36. The number of hydrogen-bond acceptors (Lipinski definition) is 2. The molecule has 0 spiro atoms. The van der Waals surface area contributed by atoms with E-state index in [2.05, 4.69) is 37.8 Å². The maximum Gasteiger partial charge on any atom is 0.0390 e. The highest BCUT2D eigenvalue weighted by Crippen LogP contribution is 2.17. The van der Waals surface area contributed by atoms with Crippen LogP contribution in [0.15, 0.2) is 24.3 Å². The Hall–Kier alpha value is -0.890. The van der Waals surface area contributed by atoms with E-state index in [0.717, 1.165) is 23.4 Å². The van der Waals surface area contributed by atoms with Crippen molar-refractivity contribution in [1.82, 2.24) is 0 Å². The van der Waals surface area contributed by atoms with E-state index in [0.29, 0.717) is 0 Å². The van der Waals surface area contributed by atoms with Gasteiger partial charge in [0, 0.05) is 5.69 Å². The third-order valence-corrected chi connectivity index (χ3v) is 2.20. The number of allylic oxidation sites excluding steroid dienone is 1. The molecule has 0 atom stereocenters. The summed E-state index contributed by atoms with van der Waals surface area (Å²) in [5.41, 5.74) is 9.02. The highest BCUT2D eigenvalue weighted by atomic mass is 32.1. The molecule has 0 aliphatic heterocycles. The zero-order valence-electron chi connectivity index (χ0n) is 7.83. The molecule has 1 rings (SSSR count). The largest absolute Gasteiger partial charge is 0.398 e. The summed E-state index contributed by atoms with van der Waals surface area (Å²) in [5, 5.41) is 0. The Balaban J connectivity index is 2.87. The molecule has 0 bridgehead atoms. The molecule has 0 amide bonds. The van der Waals surface area contributed by atoms with E-state index in [9.17, 15) is 0 Å². The van der Waals surface area contributed by atoms with Gasteiger partial charge in [0.1, 0.15) is 0 Å². The summed E-state index contributed by atoms with van der Waals surface area (Å²) < 4.78 is 0. The third kappa shape index (κ3) is 2.81. The van der Waals surface area contributed by atoms with Crippen molar-refractivity contribution >= 4 is 24.4 Å². The molecular weight excluding hydrogens is 178 g/mol. The highest BCUT2D eigenvalue weighted by molar-refractivity contribution is 7.80. The van der Waals surface area contributed by atoms with Crippen molar-refractivity contribution in [1.29, 1.82) is 0 Å². The van der Waals surface area contributed by atoms with Gasteiger partial charge in [0.15, 0.2) is 0 Å². The van der Waals surface area contributed by atoms with Gasteiger partial charge in [0.25, 0.3) is 0 Å². The van der Waals surface area contributed by atoms with Crippen molar-refractivity contribution < 1.29 is 0 Å². The van der Waals surface area contributed by atoms with E-state index in [4.69, 9.17) is 5.73 Å². The highest BCUT2D eigenvalue weighted by Gasteiger charge is 1.96. The maximum atomic E-state index is 5.83. The summed E-state index contributed by atoms with van der Waals surface area (Å²) in [5.74, 6) is 0.877. The van der Waals surface area contributed by atoms with Gasteiger partial charge in [-0.15, -0.1) is 0 Å². The second-order valence-corrected chi connectivity index (χ2v) is 3.44.